The van der Waals surface area contributed by atoms with Gasteiger partial charge in [0, 0.05) is 21.4 Å². The van der Waals surface area contributed by atoms with Crippen LogP contribution in [0.25, 0.3) is 11.4 Å². The molecule has 1 N–H and O–H groups in total. The van der Waals surface area contributed by atoms with Crippen molar-refractivity contribution in [2.45, 2.75) is 38.4 Å². The number of hydrogen-bond acceptors (Lipinski definition) is 4. The molecule has 3 rings (SSSR count). The van der Waals surface area contributed by atoms with Gasteiger partial charge < -0.3 is 9.88 Å². The number of carbonyl (C=O) groups is 1. The van der Waals surface area contributed by atoms with Gasteiger partial charge in [0.15, 0.2) is 11.0 Å². The molecule has 1 amide bonds. The number of carbonyl (C=O) groups excluding carboxylic acids is 1. The minimum absolute atomic E-state index is 0.0416. The Bertz CT molecular complexity index is 956. The Morgan fingerprint density at radius 2 is 1.93 bits per heavy atom. The third-order valence-corrected chi connectivity index (χ3v) is 5.94. The average Bonchev–Trinajstić information content (AvgIpc) is 3.11. The molecule has 0 fully saturated rings. The van der Waals surface area contributed by atoms with Crippen molar-refractivity contribution >= 4 is 45.9 Å². The van der Waals surface area contributed by atoms with E-state index in [9.17, 15) is 4.79 Å². The third kappa shape index (κ3) is 4.94. The van der Waals surface area contributed by atoms with Crippen molar-refractivity contribution in [2.75, 3.05) is 11.1 Å². The van der Waals surface area contributed by atoms with Crippen LogP contribution >= 0.6 is 34.4 Å². The second kappa shape index (κ2) is 9.56. The summed E-state index contributed by atoms with van der Waals surface area (Å²) in [5, 5.41) is 12.4. The van der Waals surface area contributed by atoms with Crippen LogP contribution in [-0.2, 0) is 11.3 Å². The highest BCUT2D eigenvalue weighted by Crippen LogP contribution is 2.27. The topological polar surface area (TPSA) is 59.8 Å². The zero-order valence-electron chi connectivity index (χ0n) is 16.1. The Hall–Kier alpha value is -1.87. The number of halogens is 1. The lowest BCUT2D eigenvalue weighted by Crippen LogP contribution is -2.16. The summed E-state index contributed by atoms with van der Waals surface area (Å²) in [7, 11) is 0. The van der Waals surface area contributed by atoms with Crippen LogP contribution in [0.3, 0.4) is 0 Å². The Kier molecular flexibility index (Phi) is 7.12. The first-order valence-corrected chi connectivity index (χ1v) is 11.3. The number of thioether (sulfide) groups is 1. The highest BCUT2D eigenvalue weighted by atomic mass is 127. The Morgan fingerprint density at radius 3 is 2.61 bits per heavy atom. The number of anilines is 1. The van der Waals surface area contributed by atoms with E-state index in [0.717, 1.165) is 37.9 Å². The molecule has 0 aliphatic carbocycles. The molecule has 0 aliphatic rings. The number of aromatic nitrogens is 3. The van der Waals surface area contributed by atoms with Crippen LogP contribution in [0.15, 0.2) is 53.7 Å². The number of amides is 1. The lowest BCUT2D eigenvalue weighted by atomic mass is 10.0. The molecule has 0 radical (unpaired) electrons. The monoisotopic (exact) mass is 506 g/mol. The summed E-state index contributed by atoms with van der Waals surface area (Å²) >= 11 is 3.70. The summed E-state index contributed by atoms with van der Waals surface area (Å²) in [5.41, 5.74) is 3.05. The minimum Gasteiger partial charge on any atom is -0.325 e. The molecular weight excluding hydrogens is 483 g/mol. The predicted molar refractivity (Wildman–Crippen MR) is 124 cm³/mol. The predicted octanol–water partition coefficient (Wildman–Crippen LogP) is 5.42. The first kappa shape index (κ1) is 20.9. The van der Waals surface area contributed by atoms with Crippen LogP contribution in [0, 0.1) is 3.57 Å². The fraction of sp³-hybridized carbons (Fsp3) is 0.286. The molecule has 3 aromatic rings. The zero-order valence-corrected chi connectivity index (χ0v) is 19.1. The van der Waals surface area contributed by atoms with Crippen LogP contribution in [0.4, 0.5) is 5.69 Å². The van der Waals surface area contributed by atoms with E-state index in [1.165, 1.54) is 11.8 Å². The molecule has 0 bridgehead atoms. The van der Waals surface area contributed by atoms with Gasteiger partial charge in [0.1, 0.15) is 0 Å². The van der Waals surface area contributed by atoms with Crippen LogP contribution in [0.2, 0.25) is 0 Å². The largest absolute Gasteiger partial charge is 0.325 e. The van der Waals surface area contributed by atoms with Gasteiger partial charge in [-0.05, 0) is 59.2 Å². The maximum atomic E-state index is 12.5. The maximum absolute atomic E-state index is 12.5. The molecule has 0 unspecified atom stereocenters. The average molecular weight is 506 g/mol. The van der Waals surface area contributed by atoms with Gasteiger partial charge in [0.25, 0.3) is 0 Å². The molecular formula is C21H23IN4OS. The molecule has 28 heavy (non-hydrogen) atoms. The van der Waals surface area contributed by atoms with E-state index in [1.54, 1.807) is 0 Å². The van der Waals surface area contributed by atoms with Crippen molar-refractivity contribution in [3.8, 4) is 11.4 Å². The van der Waals surface area contributed by atoms with Gasteiger partial charge in [0.05, 0.1) is 5.75 Å². The van der Waals surface area contributed by atoms with Gasteiger partial charge in [-0.3, -0.25) is 4.79 Å². The van der Waals surface area contributed by atoms with E-state index >= 15 is 0 Å². The molecule has 1 heterocycles. The van der Waals surface area contributed by atoms with E-state index in [-0.39, 0.29) is 11.7 Å². The van der Waals surface area contributed by atoms with Gasteiger partial charge in [-0.1, -0.05) is 55.9 Å². The Morgan fingerprint density at radius 1 is 1.18 bits per heavy atom. The second-order valence-corrected chi connectivity index (χ2v) is 8.83. The standard InChI is InChI=1S/C21H23IN4OS/c1-4-26-20(15-8-6-5-7-9-15)24-25-21(26)28-13-19(27)23-18-11-10-16(22)12-17(18)14(2)3/h5-12,14H,4,13H2,1-3H3,(H,23,27). The quantitative estimate of drug-likeness (QED) is 0.343. The summed E-state index contributed by atoms with van der Waals surface area (Å²) in [4.78, 5) is 12.5. The second-order valence-electron chi connectivity index (χ2n) is 6.64. The van der Waals surface area contributed by atoms with E-state index in [1.807, 2.05) is 47.0 Å². The van der Waals surface area contributed by atoms with Crippen molar-refractivity contribution in [1.82, 2.24) is 14.8 Å². The van der Waals surface area contributed by atoms with Gasteiger partial charge >= 0.3 is 0 Å². The van der Waals surface area contributed by atoms with Gasteiger partial charge in [-0.25, -0.2) is 0 Å². The van der Waals surface area contributed by atoms with Crippen LogP contribution < -0.4 is 5.32 Å². The van der Waals surface area contributed by atoms with Crippen molar-refractivity contribution < 1.29 is 4.79 Å². The summed E-state index contributed by atoms with van der Waals surface area (Å²) in [5.74, 6) is 1.41. The molecule has 1 aromatic heterocycles. The number of nitrogens with zero attached hydrogens (tertiary/aromatic N) is 3. The molecule has 0 atom stereocenters. The van der Waals surface area contributed by atoms with E-state index in [4.69, 9.17) is 0 Å². The smallest absolute Gasteiger partial charge is 0.234 e. The van der Waals surface area contributed by atoms with Crippen molar-refractivity contribution in [2.24, 2.45) is 0 Å². The molecule has 0 saturated carbocycles. The zero-order chi connectivity index (χ0) is 20.1. The highest BCUT2D eigenvalue weighted by Gasteiger charge is 2.15. The fourth-order valence-electron chi connectivity index (χ4n) is 2.92. The molecule has 7 heteroatoms. The van der Waals surface area contributed by atoms with E-state index < -0.39 is 0 Å². The van der Waals surface area contributed by atoms with Crippen LogP contribution in [-0.4, -0.2) is 26.4 Å². The number of rotatable bonds is 7. The minimum atomic E-state index is -0.0416. The van der Waals surface area contributed by atoms with Crippen molar-refractivity contribution in [1.29, 1.82) is 0 Å². The van der Waals surface area contributed by atoms with Crippen molar-refractivity contribution in [3.63, 3.8) is 0 Å². The number of hydrogen-bond donors (Lipinski definition) is 1. The summed E-state index contributed by atoms with van der Waals surface area (Å²) in [6, 6.07) is 16.1. The summed E-state index contributed by atoms with van der Waals surface area (Å²) < 4.78 is 3.20. The summed E-state index contributed by atoms with van der Waals surface area (Å²) in [6.07, 6.45) is 0. The van der Waals surface area contributed by atoms with Gasteiger partial charge in [-0.2, -0.15) is 0 Å². The SMILES string of the molecule is CCn1c(SCC(=O)Nc2ccc(I)cc2C(C)C)nnc1-c1ccccc1. The van der Waals surface area contributed by atoms with Crippen molar-refractivity contribution in [3.05, 3.63) is 57.7 Å². The summed E-state index contributed by atoms with van der Waals surface area (Å²) in [6.45, 7) is 7.06. The maximum Gasteiger partial charge on any atom is 0.234 e. The third-order valence-electron chi connectivity index (χ3n) is 4.31. The van der Waals surface area contributed by atoms with E-state index in [2.05, 4.69) is 64.9 Å². The molecule has 0 aliphatic heterocycles. The molecule has 2 aromatic carbocycles. The fourth-order valence-corrected chi connectivity index (χ4v) is 4.24. The number of nitrogens with one attached hydrogen (secondary N) is 1. The number of benzene rings is 2. The molecule has 5 nitrogen and oxygen atoms in total. The molecule has 0 saturated heterocycles. The normalized spacial score (nSPS) is 11.0. The highest BCUT2D eigenvalue weighted by molar-refractivity contribution is 14.1. The van der Waals surface area contributed by atoms with Crippen LogP contribution in [0.1, 0.15) is 32.3 Å². The van der Waals surface area contributed by atoms with Crippen LogP contribution in [0.5, 0.6) is 0 Å². The Balaban J connectivity index is 1.70. The van der Waals surface area contributed by atoms with Gasteiger partial charge in [-0.15, -0.1) is 10.2 Å². The van der Waals surface area contributed by atoms with E-state index in [0.29, 0.717) is 5.92 Å². The Labute approximate surface area is 183 Å². The molecule has 146 valence electrons. The lowest BCUT2D eigenvalue weighted by Gasteiger charge is -2.14. The first-order chi connectivity index (χ1) is 13.5. The lowest BCUT2D eigenvalue weighted by molar-refractivity contribution is -0.113. The van der Waals surface area contributed by atoms with Gasteiger partial charge in [0.2, 0.25) is 5.91 Å². The first-order valence-electron chi connectivity index (χ1n) is 9.20. The molecule has 0 spiro atoms.